The number of anilines is 1. The Morgan fingerprint density at radius 3 is 2.60 bits per heavy atom. The minimum atomic E-state index is -4.49. The summed E-state index contributed by atoms with van der Waals surface area (Å²) in [7, 11) is 0. The molecule has 8 heteroatoms. The highest BCUT2D eigenvalue weighted by Gasteiger charge is 2.32. The quantitative estimate of drug-likeness (QED) is 0.881. The molecule has 2 amide bonds. The van der Waals surface area contributed by atoms with E-state index in [2.05, 4.69) is 10.6 Å². The van der Waals surface area contributed by atoms with E-state index in [4.69, 9.17) is 11.6 Å². The van der Waals surface area contributed by atoms with Crippen molar-refractivity contribution in [3.05, 3.63) is 28.8 Å². The van der Waals surface area contributed by atoms with E-state index < -0.39 is 23.6 Å². The lowest BCUT2D eigenvalue weighted by atomic mass is 10.1. The second-order valence-electron chi connectivity index (χ2n) is 4.39. The normalized spacial score (nSPS) is 18.8. The van der Waals surface area contributed by atoms with Crippen LogP contribution in [0.5, 0.6) is 0 Å². The zero-order chi connectivity index (χ0) is 14.9. The minimum Gasteiger partial charge on any atom is -0.355 e. The summed E-state index contributed by atoms with van der Waals surface area (Å²) in [6.07, 6.45) is -4.43. The number of carbonyl (C=O) groups is 2. The molecule has 0 aromatic heterocycles. The van der Waals surface area contributed by atoms with Crippen molar-refractivity contribution in [1.29, 1.82) is 0 Å². The summed E-state index contributed by atoms with van der Waals surface area (Å²) >= 11 is 5.72. The Morgan fingerprint density at radius 1 is 1.40 bits per heavy atom. The zero-order valence-corrected chi connectivity index (χ0v) is 10.8. The van der Waals surface area contributed by atoms with E-state index in [1.54, 1.807) is 0 Å². The molecule has 20 heavy (non-hydrogen) atoms. The fourth-order valence-electron chi connectivity index (χ4n) is 1.82. The van der Waals surface area contributed by atoms with Crippen molar-refractivity contribution in [2.75, 3.05) is 11.9 Å². The average Bonchev–Trinajstić information content (AvgIpc) is 2.77. The third kappa shape index (κ3) is 3.22. The number of hydrogen-bond donors (Lipinski definition) is 2. The molecule has 108 valence electrons. The molecular formula is C12H10ClF3N2O2. The van der Waals surface area contributed by atoms with Crippen LogP contribution in [0, 0.1) is 5.92 Å². The fourth-order valence-corrected chi connectivity index (χ4v) is 2.05. The van der Waals surface area contributed by atoms with Gasteiger partial charge in [-0.25, -0.2) is 0 Å². The van der Waals surface area contributed by atoms with E-state index in [0.717, 1.165) is 18.2 Å². The number of alkyl halides is 3. The van der Waals surface area contributed by atoms with Gasteiger partial charge in [0.1, 0.15) is 0 Å². The molecule has 2 rings (SSSR count). The van der Waals surface area contributed by atoms with Crippen LogP contribution in [0.4, 0.5) is 18.9 Å². The molecule has 1 aliphatic rings. The Labute approximate surface area is 117 Å². The molecule has 1 unspecified atom stereocenters. The van der Waals surface area contributed by atoms with Crippen molar-refractivity contribution in [3.8, 4) is 0 Å². The number of benzene rings is 1. The van der Waals surface area contributed by atoms with Gasteiger partial charge in [-0.15, -0.1) is 0 Å². The number of halogens is 4. The maximum atomic E-state index is 12.5. The van der Waals surface area contributed by atoms with Crippen LogP contribution in [-0.2, 0) is 15.8 Å². The highest BCUT2D eigenvalue weighted by molar-refractivity contribution is 6.33. The molecule has 4 nitrogen and oxygen atoms in total. The lowest BCUT2D eigenvalue weighted by molar-refractivity contribution is -0.137. The van der Waals surface area contributed by atoms with Crippen LogP contribution in [0.3, 0.4) is 0 Å². The monoisotopic (exact) mass is 306 g/mol. The lowest BCUT2D eigenvalue weighted by Gasteiger charge is -2.12. The van der Waals surface area contributed by atoms with Gasteiger partial charge in [0.2, 0.25) is 11.8 Å². The van der Waals surface area contributed by atoms with Crippen molar-refractivity contribution >= 4 is 29.1 Å². The van der Waals surface area contributed by atoms with Crippen LogP contribution in [0.1, 0.15) is 12.0 Å². The maximum absolute atomic E-state index is 12.5. The Morgan fingerprint density at radius 2 is 2.10 bits per heavy atom. The maximum Gasteiger partial charge on any atom is 0.416 e. The van der Waals surface area contributed by atoms with Crippen LogP contribution in [0.15, 0.2) is 18.2 Å². The number of carbonyl (C=O) groups excluding carboxylic acids is 2. The Balaban J connectivity index is 2.10. The van der Waals surface area contributed by atoms with Gasteiger partial charge in [-0.2, -0.15) is 13.2 Å². The molecule has 1 heterocycles. The third-order valence-electron chi connectivity index (χ3n) is 2.90. The van der Waals surface area contributed by atoms with Gasteiger partial charge >= 0.3 is 6.18 Å². The SMILES string of the molecule is O=C1CC(C(=O)Nc2ccc(C(F)(F)F)cc2Cl)CN1. The smallest absolute Gasteiger partial charge is 0.355 e. The standard InChI is InChI=1S/C12H10ClF3N2O2/c13-8-4-7(12(14,15)16)1-2-9(8)18-11(20)6-3-10(19)17-5-6/h1-2,4,6H,3,5H2,(H,17,19)(H,18,20). The van der Waals surface area contributed by atoms with Gasteiger partial charge < -0.3 is 10.6 Å². The molecule has 1 aromatic carbocycles. The molecule has 1 aromatic rings. The lowest BCUT2D eigenvalue weighted by Crippen LogP contribution is -2.24. The van der Waals surface area contributed by atoms with Crippen molar-refractivity contribution in [2.45, 2.75) is 12.6 Å². The first-order chi connectivity index (χ1) is 9.27. The number of amides is 2. The van der Waals surface area contributed by atoms with Crippen molar-refractivity contribution in [1.82, 2.24) is 5.32 Å². The molecule has 1 fully saturated rings. The highest BCUT2D eigenvalue weighted by atomic mass is 35.5. The molecule has 0 saturated carbocycles. The predicted molar refractivity (Wildman–Crippen MR) is 66.2 cm³/mol. The molecule has 1 aliphatic heterocycles. The Hall–Kier alpha value is -1.76. The highest BCUT2D eigenvalue weighted by Crippen LogP contribution is 2.33. The molecule has 0 aliphatic carbocycles. The zero-order valence-electron chi connectivity index (χ0n) is 10.1. The molecular weight excluding hydrogens is 297 g/mol. The van der Waals surface area contributed by atoms with Gasteiger partial charge in [-0.3, -0.25) is 9.59 Å². The van der Waals surface area contributed by atoms with Crippen LogP contribution >= 0.6 is 11.6 Å². The van der Waals surface area contributed by atoms with Gasteiger partial charge in [0, 0.05) is 13.0 Å². The first-order valence-electron chi connectivity index (χ1n) is 5.71. The van der Waals surface area contributed by atoms with Crippen molar-refractivity contribution in [2.24, 2.45) is 5.92 Å². The second kappa shape index (κ2) is 5.32. The summed E-state index contributed by atoms with van der Waals surface area (Å²) in [6, 6.07) is 2.67. The third-order valence-corrected chi connectivity index (χ3v) is 3.22. The van der Waals surface area contributed by atoms with E-state index in [0.29, 0.717) is 0 Å². The van der Waals surface area contributed by atoms with E-state index in [9.17, 15) is 22.8 Å². The Bertz CT molecular complexity index is 560. The summed E-state index contributed by atoms with van der Waals surface area (Å²) in [5.74, 6) is -1.23. The van der Waals surface area contributed by atoms with Gasteiger partial charge in [0.25, 0.3) is 0 Å². The number of rotatable bonds is 2. The van der Waals surface area contributed by atoms with E-state index in [1.165, 1.54) is 0 Å². The van der Waals surface area contributed by atoms with Gasteiger partial charge in [0.15, 0.2) is 0 Å². The largest absolute Gasteiger partial charge is 0.416 e. The molecule has 1 atom stereocenters. The van der Waals surface area contributed by atoms with E-state index >= 15 is 0 Å². The first kappa shape index (κ1) is 14.6. The van der Waals surface area contributed by atoms with E-state index in [1.807, 2.05) is 0 Å². The van der Waals surface area contributed by atoms with Gasteiger partial charge in [-0.1, -0.05) is 11.6 Å². The summed E-state index contributed by atoms with van der Waals surface area (Å²) < 4.78 is 37.4. The summed E-state index contributed by atoms with van der Waals surface area (Å²) in [4.78, 5) is 22.8. The molecule has 0 radical (unpaired) electrons. The summed E-state index contributed by atoms with van der Waals surface area (Å²) in [5.41, 5.74) is -0.803. The first-order valence-corrected chi connectivity index (χ1v) is 6.09. The van der Waals surface area contributed by atoms with Crippen molar-refractivity contribution in [3.63, 3.8) is 0 Å². The van der Waals surface area contributed by atoms with Gasteiger partial charge in [-0.05, 0) is 18.2 Å². The van der Waals surface area contributed by atoms with Crippen LogP contribution in [0.25, 0.3) is 0 Å². The van der Waals surface area contributed by atoms with Crippen LogP contribution in [0.2, 0.25) is 5.02 Å². The minimum absolute atomic E-state index is 0.0596. The van der Waals surface area contributed by atoms with Crippen LogP contribution in [-0.4, -0.2) is 18.4 Å². The van der Waals surface area contributed by atoms with Gasteiger partial charge in [0.05, 0.1) is 22.2 Å². The average molecular weight is 307 g/mol. The number of nitrogens with one attached hydrogen (secondary N) is 2. The fraction of sp³-hybridized carbons (Fsp3) is 0.333. The molecule has 1 saturated heterocycles. The second-order valence-corrected chi connectivity index (χ2v) is 4.79. The predicted octanol–water partition coefficient (Wildman–Crippen LogP) is 2.43. The number of hydrogen-bond acceptors (Lipinski definition) is 2. The van der Waals surface area contributed by atoms with Crippen LogP contribution < -0.4 is 10.6 Å². The molecule has 2 N–H and O–H groups in total. The van der Waals surface area contributed by atoms with E-state index in [-0.39, 0.29) is 29.6 Å². The summed E-state index contributed by atoms with van der Waals surface area (Å²) in [6.45, 7) is 0.211. The Kier molecular flexibility index (Phi) is 3.89. The van der Waals surface area contributed by atoms with Crippen molar-refractivity contribution < 1.29 is 22.8 Å². The molecule has 0 spiro atoms. The summed E-state index contributed by atoms with van der Waals surface area (Å²) in [5, 5.41) is 4.72. The topological polar surface area (TPSA) is 58.2 Å². The molecule has 0 bridgehead atoms.